The summed E-state index contributed by atoms with van der Waals surface area (Å²) in [6.07, 6.45) is -1.43. The summed E-state index contributed by atoms with van der Waals surface area (Å²) in [7, 11) is 1.48. The van der Waals surface area contributed by atoms with Gasteiger partial charge in [-0.05, 0) is 55.7 Å². The SMILES string of the molecule is COc1ccc(N=C(OC/C=C(\C)CCc2ccccc2)C(F)(F)F)cc1. The first kappa shape index (κ1) is 20.6. The van der Waals surface area contributed by atoms with Crippen LogP contribution in [-0.4, -0.2) is 25.8 Å². The lowest BCUT2D eigenvalue weighted by molar-refractivity contribution is -0.0770. The predicted octanol–water partition coefficient (Wildman–Crippen LogP) is 5.88. The van der Waals surface area contributed by atoms with Crippen LogP contribution < -0.4 is 4.74 Å². The summed E-state index contributed by atoms with van der Waals surface area (Å²) in [5.41, 5.74) is 2.29. The van der Waals surface area contributed by atoms with Gasteiger partial charge in [0.2, 0.25) is 0 Å². The Labute approximate surface area is 157 Å². The van der Waals surface area contributed by atoms with E-state index in [2.05, 4.69) is 4.99 Å². The van der Waals surface area contributed by atoms with Crippen molar-refractivity contribution in [3.8, 4) is 5.75 Å². The van der Waals surface area contributed by atoms with Crippen molar-refractivity contribution < 1.29 is 22.6 Å². The number of halogens is 3. The fourth-order valence-corrected chi connectivity index (χ4v) is 2.30. The van der Waals surface area contributed by atoms with E-state index < -0.39 is 12.1 Å². The lowest BCUT2D eigenvalue weighted by atomic mass is 10.1. The first-order valence-corrected chi connectivity index (χ1v) is 8.51. The molecule has 0 fully saturated rings. The van der Waals surface area contributed by atoms with Gasteiger partial charge in [0, 0.05) is 0 Å². The summed E-state index contributed by atoms with van der Waals surface area (Å²) >= 11 is 0. The minimum atomic E-state index is -4.66. The summed E-state index contributed by atoms with van der Waals surface area (Å²) in [4.78, 5) is 3.58. The van der Waals surface area contributed by atoms with Crippen LogP contribution in [-0.2, 0) is 11.2 Å². The Hall–Kier alpha value is -2.76. The van der Waals surface area contributed by atoms with Crippen molar-refractivity contribution in [3.05, 3.63) is 71.8 Å². The number of aliphatic imine (C=N–C) groups is 1. The van der Waals surface area contributed by atoms with Crippen molar-refractivity contribution in [3.63, 3.8) is 0 Å². The van der Waals surface area contributed by atoms with Gasteiger partial charge < -0.3 is 9.47 Å². The Kier molecular flexibility index (Phi) is 7.46. The second-order valence-electron chi connectivity index (χ2n) is 5.96. The van der Waals surface area contributed by atoms with Crippen molar-refractivity contribution in [2.24, 2.45) is 4.99 Å². The van der Waals surface area contributed by atoms with Gasteiger partial charge in [-0.15, -0.1) is 0 Å². The molecule has 2 aromatic rings. The molecule has 2 aromatic carbocycles. The lowest BCUT2D eigenvalue weighted by Crippen LogP contribution is -2.25. The molecule has 3 nitrogen and oxygen atoms in total. The topological polar surface area (TPSA) is 30.8 Å². The highest BCUT2D eigenvalue weighted by atomic mass is 19.4. The molecule has 0 atom stereocenters. The van der Waals surface area contributed by atoms with Crippen LogP contribution in [0.25, 0.3) is 0 Å². The number of hydrogen-bond donors (Lipinski definition) is 0. The number of ether oxygens (including phenoxy) is 2. The molecule has 27 heavy (non-hydrogen) atoms. The molecule has 0 unspecified atom stereocenters. The summed E-state index contributed by atoms with van der Waals surface area (Å²) in [5.74, 6) is -0.722. The monoisotopic (exact) mass is 377 g/mol. The second-order valence-corrected chi connectivity index (χ2v) is 5.96. The Balaban J connectivity index is 1.96. The standard InChI is InChI=1S/C21H22F3NO2/c1-16(8-9-17-6-4-3-5-7-17)14-15-27-20(21(22,23)24)25-18-10-12-19(26-2)13-11-18/h3-7,10-14H,8-9,15H2,1-2H3/b16-14+,25-20?. The molecule has 0 aliphatic carbocycles. The van der Waals surface area contributed by atoms with Crippen LogP contribution >= 0.6 is 0 Å². The largest absolute Gasteiger partial charge is 0.497 e. The zero-order chi connectivity index (χ0) is 19.7. The van der Waals surface area contributed by atoms with Gasteiger partial charge in [0.1, 0.15) is 12.4 Å². The van der Waals surface area contributed by atoms with E-state index in [1.165, 1.54) is 24.8 Å². The van der Waals surface area contributed by atoms with Crippen LogP contribution in [0.5, 0.6) is 5.75 Å². The van der Waals surface area contributed by atoms with E-state index in [-0.39, 0.29) is 12.3 Å². The van der Waals surface area contributed by atoms with E-state index in [9.17, 15) is 13.2 Å². The number of hydrogen-bond acceptors (Lipinski definition) is 3. The number of allylic oxidation sites excluding steroid dienone is 1. The van der Waals surface area contributed by atoms with Crippen molar-refractivity contribution in [1.29, 1.82) is 0 Å². The number of benzene rings is 2. The first-order valence-electron chi connectivity index (χ1n) is 8.51. The molecule has 2 rings (SSSR count). The fraction of sp³-hybridized carbons (Fsp3) is 0.286. The molecule has 0 aliphatic heterocycles. The van der Waals surface area contributed by atoms with Crippen LogP contribution in [0, 0.1) is 0 Å². The number of alkyl halides is 3. The van der Waals surface area contributed by atoms with Crippen molar-refractivity contribution in [2.45, 2.75) is 25.9 Å². The quantitative estimate of drug-likeness (QED) is 0.343. The van der Waals surface area contributed by atoms with E-state index in [1.807, 2.05) is 37.3 Å². The Morgan fingerprint density at radius 2 is 1.70 bits per heavy atom. The number of nitrogens with zero attached hydrogens (tertiary/aromatic N) is 1. The van der Waals surface area contributed by atoms with Gasteiger partial charge in [-0.3, -0.25) is 0 Å². The van der Waals surface area contributed by atoms with Crippen molar-refractivity contribution >= 4 is 11.6 Å². The number of rotatable bonds is 7. The number of methoxy groups -OCH3 is 1. The van der Waals surface area contributed by atoms with Gasteiger partial charge in [-0.2, -0.15) is 13.2 Å². The molecule has 0 heterocycles. The highest BCUT2D eigenvalue weighted by molar-refractivity contribution is 5.84. The van der Waals surface area contributed by atoms with Crippen molar-refractivity contribution in [2.75, 3.05) is 13.7 Å². The normalized spacial score (nSPS) is 12.8. The van der Waals surface area contributed by atoms with Gasteiger partial charge in [-0.1, -0.05) is 35.9 Å². The van der Waals surface area contributed by atoms with Gasteiger partial charge >= 0.3 is 6.18 Å². The molecule has 0 saturated heterocycles. The zero-order valence-electron chi connectivity index (χ0n) is 15.3. The Morgan fingerprint density at radius 1 is 1.04 bits per heavy atom. The van der Waals surface area contributed by atoms with Crippen molar-refractivity contribution in [1.82, 2.24) is 0 Å². The highest BCUT2D eigenvalue weighted by Crippen LogP contribution is 2.24. The summed E-state index contributed by atoms with van der Waals surface area (Å²) in [6, 6.07) is 15.9. The molecular formula is C21H22F3NO2. The minimum Gasteiger partial charge on any atom is -0.497 e. The van der Waals surface area contributed by atoms with Crippen LogP contribution in [0.4, 0.5) is 18.9 Å². The third-order valence-corrected chi connectivity index (χ3v) is 3.85. The van der Waals surface area contributed by atoms with E-state index in [4.69, 9.17) is 9.47 Å². The van der Waals surface area contributed by atoms with Gasteiger partial charge in [0.25, 0.3) is 5.90 Å². The molecule has 0 bridgehead atoms. The maximum absolute atomic E-state index is 13.1. The van der Waals surface area contributed by atoms with E-state index in [1.54, 1.807) is 18.2 Å². The average Bonchev–Trinajstić information content (AvgIpc) is 2.66. The first-order chi connectivity index (χ1) is 12.9. The van der Waals surface area contributed by atoms with E-state index >= 15 is 0 Å². The Morgan fingerprint density at radius 3 is 2.30 bits per heavy atom. The number of aryl methyl sites for hydroxylation is 1. The third-order valence-electron chi connectivity index (χ3n) is 3.85. The van der Waals surface area contributed by atoms with Gasteiger partial charge in [-0.25, -0.2) is 4.99 Å². The van der Waals surface area contributed by atoms with Crippen LogP contribution in [0.2, 0.25) is 0 Å². The molecule has 6 heteroatoms. The van der Waals surface area contributed by atoms with Crippen LogP contribution in [0.1, 0.15) is 18.9 Å². The smallest absolute Gasteiger partial charge is 0.468 e. The molecule has 0 spiro atoms. The molecular weight excluding hydrogens is 355 g/mol. The zero-order valence-corrected chi connectivity index (χ0v) is 15.3. The van der Waals surface area contributed by atoms with Gasteiger partial charge in [0.15, 0.2) is 0 Å². The Bertz CT molecular complexity index is 766. The van der Waals surface area contributed by atoms with E-state index in [0.29, 0.717) is 5.75 Å². The highest BCUT2D eigenvalue weighted by Gasteiger charge is 2.38. The molecule has 0 amide bonds. The average molecular weight is 377 g/mol. The summed E-state index contributed by atoms with van der Waals surface area (Å²) in [6.45, 7) is 1.69. The predicted molar refractivity (Wildman–Crippen MR) is 101 cm³/mol. The lowest BCUT2D eigenvalue weighted by Gasteiger charge is -2.11. The molecule has 0 saturated carbocycles. The fourth-order valence-electron chi connectivity index (χ4n) is 2.30. The minimum absolute atomic E-state index is 0.146. The van der Waals surface area contributed by atoms with Crippen LogP contribution in [0.3, 0.4) is 0 Å². The molecule has 0 aromatic heterocycles. The molecule has 144 valence electrons. The van der Waals surface area contributed by atoms with Crippen LogP contribution in [0.15, 0.2) is 71.2 Å². The van der Waals surface area contributed by atoms with Gasteiger partial charge in [0.05, 0.1) is 12.8 Å². The summed E-state index contributed by atoms with van der Waals surface area (Å²) in [5, 5.41) is 0. The molecule has 0 radical (unpaired) electrons. The maximum atomic E-state index is 13.1. The maximum Gasteiger partial charge on any atom is 0.468 e. The summed E-state index contributed by atoms with van der Waals surface area (Å²) < 4.78 is 49.3. The third kappa shape index (κ3) is 7.17. The molecule has 0 aliphatic rings. The molecule has 0 N–H and O–H groups in total. The van der Waals surface area contributed by atoms with E-state index in [0.717, 1.165) is 18.4 Å². The second kappa shape index (κ2) is 9.80.